The molecule has 36 heavy (non-hydrogen) atoms. The number of benzene rings is 3. The molecule has 0 aromatic heterocycles. The highest BCUT2D eigenvalue weighted by atomic mass is 16.6. The molecule has 0 N–H and O–H groups in total. The van der Waals surface area contributed by atoms with E-state index in [0.29, 0.717) is 48.5 Å². The Kier molecular flexibility index (Phi) is 7.99. The number of fused-ring (bicyclic) bond motifs is 1. The molecule has 186 valence electrons. The lowest BCUT2D eigenvalue weighted by atomic mass is 9.77. The maximum atomic E-state index is 13.7. The summed E-state index contributed by atoms with van der Waals surface area (Å²) in [4.78, 5) is 32.2. The van der Waals surface area contributed by atoms with Crippen LogP contribution in [-0.2, 0) is 14.4 Å². The van der Waals surface area contributed by atoms with Crippen molar-refractivity contribution in [1.29, 1.82) is 0 Å². The zero-order valence-corrected chi connectivity index (χ0v) is 21.5. The van der Waals surface area contributed by atoms with Crippen molar-refractivity contribution >= 4 is 28.2 Å². The smallest absolute Gasteiger partial charge is 0.343 e. The van der Waals surface area contributed by atoms with E-state index in [-0.39, 0.29) is 11.7 Å². The Morgan fingerprint density at radius 3 is 2.33 bits per heavy atom. The first-order chi connectivity index (χ1) is 17.4. The minimum Gasteiger partial charge on any atom is -0.427 e. The highest BCUT2D eigenvalue weighted by Gasteiger charge is 2.35. The van der Waals surface area contributed by atoms with Crippen molar-refractivity contribution in [2.75, 3.05) is 6.61 Å². The van der Waals surface area contributed by atoms with Crippen LogP contribution >= 0.6 is 0 Å². The van der Waals surface area contributed by atoms with Gasteiger partial charge in [-0.2, -0.15) is 0 Å². The van der Waals surface area contributed by atoms with Crippen LogP contribution in [0.4, 0.5) is 0 Å². The minimum absolute atomic E-state index is 0.0712. The molecule has 0 heterocycles. The van der Waals surface area contributed by atoms with Gasteiger partial charge in [-0.25, -0.2) is 4.79 Å². The van der Waals surface area contributed by atoms with E-state index >= 15 is 0 Å². The molecule has 0 saturated heterocycles. The third-order valence-electron chi connectivity index (χ3n) is 6.63. The molecule has 3 aromatic rings. The quantitative estimate of drug-likeness (QED) is 0.193. The molecular weight excluding hydrogens is 450 g/mol. The summed E-state index contributed by atoms with van der Waals surface area (Å²) in [5, 5.41) is 6.57. The molecule has 3 aromatic carbocycles. The molecule has 1 aliphatic rings. The van der Waals surface area contributed by atoms with Crippen LogP contribution in [0.3, 0.4) is 0 Å². The van der Waals surface area contributed by atoms with Gasteiger partial charge in [0.25, 0.3) is 0 Å². The number of carbonyl (C=O) groups excluding carboxylic acids is 2. The molecule has 5 heteroatoms. The van der Waals surface area contributed by atoms with Crippen LogP contribution in [0.25, 0.3) is 10.8 Å². The van der Waals surface area contributed by atoms with Crippen molar-refractivity contribution < 1.29 is 19.2 Å². The van der Waals surface area contributed by atoms with Gasteiger partial charge in [-0.3, -0.25) is 4.79 Å². The standard InChI is InChI=1S/C31H33NO4/c1-5-12-26(32-35-6-2)30-27(33)18-23(19-28(30)36-31(34)22-13-8-7-9-14-22)29-21(4)17-20(3)24-15-10-11-16-25(24)29/h7-11,13-17,23H,5-6,12,18-19H2,1-4H3/b32-26+. The Labute approximate surface area is 212 Å². The summed E-state index contributed by atoms with van der Waals surface area (Å²) in [7, 11) is 0. The number of Topliss-reactive ketones (excluding diaryl/α,β-unsaturated/α-hetero) is 1. The molecule has 5 nitrogen and oxygen atoms in total. The normalized spacial score (nSPS) is 16.4. The number of ether oxygens (including phenoxy) is 1. The van der Waals surface area contributed by atoms with Crippen molar-refractivity contribution in [3.8, 4) is 0 Å². The lowest BCUT2D eigenvalue weighted by molar-refractivity contribution is -0.116. The molecule has 4 rings (SSSR count). The highest BCUT2D eigenvalue weighted by molar-refractivity contribution is 6.23. The van der Waals surface area contributed by atoms with Gasteiger partial charge in [-0.05, 0) is 72.7 Å². The van der Waals surface area contributed by atoms with E-state index in [2.05, 4.69) is 37.2 Å². The second kappa shape index (κ2) is 11.3. The van der Waals surface area contributed by atoms with Gasteiger partial charge in [-0.1, -0.05) is 67.0 Å². The molecule has 0 amide bonds. The van der Waals surface area contributed by atoms with Gasteiger partial charge in [0.2, 0.25) is 0 Å². The molecule has 1 unspecified atom stereocenters. The monoisotopic (exact) mass is 483 g/mol. The predicted molar refractivity (Wildman–Crippen MR) is 143 cm³/mol. The molecule has 0 aliphatic heterocycles. The van der Waals surface area contributed by atoms with E-state index in [1.807, 2.05) is 32.0 Å². The van der Waals surface area contributed by atoms with Crippen LogP contribution in [0.1, 0.15) is 72.5 Å². The maximum Gasteiger partial charge on any atom is 0.343 e. The van der Waals surface area contributed by atoms with Crippen LogP contribution in [0.15, 0.2) is 77.2 Å². The SMILES string of the molecule is CCC/C(=N\OCC)C1=C(OC(=O)c2ccccc2)CC(c2c(C)cc(C)c3ccccc23)CC1=O. The van der Waals surface area contributed by atoms with Crippen LogP contribution in [0.2, 0.25) is 0 Å². The summed E-state index contributed by atoms with van der Waals surface area (Å²) < 4.78 is 5.98. The Hall–Kier alpha value is -3.73. The Morgan fingerprint density at radius 2 is 1.64 bits per heavy atom. The first kappa shape index (κ1) is 25.4. The number of esters is 1. The second-order valence-corrected chi connectivity index (χ2v) is 9.26. The van der Waals surface area contributed by atoms with Crippen molar-refractivity contribution in [3.05, 3.63) is 94.2 Å². The zero-order valence-electron chi connectivity index (χ0n) is 21.5. The Balaban J connectivity index is 1.82. The Morgan fingerprint density at radius 1 is 0.944 bits per heavy atom. The number of oxime groups is 1. The number of hydrogen-bond acceptors (Lipinski definition) is 5. The first-order valence-corrected chi connectivity index (χ1v) is 12.7. The average molecular weight is 484 g/mol. The van der Waals surface area contributed by atoms with Crippen molar-refractivity contribution in [2.45, 2.75) is 59.3 Å². The fourth-order valence-electron chi connectivity index (χ4n) is 5.14. The van der Waals surface area contributed by atoms with Crippen molar-refractivity contribution in [3.63, 3.8) is 0 Å². The fraction of sp³-hybridized carbons (Fsp3) is 0.323. The number of hydrogen-bond donors (Lipinski definition) is 0. The average Bonchev–Trinajstić information content (AvgIpc) is 2.87. The predicted octanol–water partition coefficient (Wildman–Crippen LogP) is 7.21. The number of rotatable bonds is 8. The van der Waals surface area contributed by atoms with Gasteiger partial charge >= 0.3 is 5.97 Å². The van der Waals surface area contributed by atoms with Gasteiger partial charge in [0.15, 0.2) is 5.78 Å². The number of aryl methyl sites for hydroxylation is 2. The van der Waals surface area contributed by atoms with Crippen molar-refractivity contribution in [2.24, 2.45) is 5.16 Å². The Bertz CT molecular complexity index is 1340. The van der Waals surface area contributed by atoms with E-state index < -0.39 is 5.97 Å². The third kappa shape index (κ3) is 5.25. The molecule has 0 saturated carbocycles. The summed E-state index contributed by atoms with van der Waals surface area (Å²) in [5.41, 5.74) is 4.85. The van der Waals surface area contributed by atoms with Gasteiger partial charge < -0.3 is 9.57 Å². The fourth-order valence-corrected chi connectivity index (χ4v) is 5.14. The van der Waals surface area contributed by atoms with Crippen LogP contribution < -0.4 is 0 Å². The molecule has 1 atom stereocenters. The molecule has 0 radical (unpaired) electrons. The third-order valence-corrected chi connectivity index (χ3v) is 6.63. The number of allylic oxidation sites excluding steroid dienone is 2. The number of ketones is 1. The van der Waals surface area contributed by atoms with Crippen LogP contribution in [-0.4, -0.2) is 24.1 Å². The second-order valence-electron chi connectivity index (χ2n) is 9.26. The summed E-state index contributed by atoms with van der Waals surface area (Å²) in [6.07, 6.45) is 2.10. The first-order valence-electron chi connectivity index (χ1n) is 12.7. The highest BCUT2D eigenvalue weighted by Crippen LogP contribution is 2.41. The summed E-state index contributed by atoms with van der Waals surface area (Å²) in [6, 6.07) is 19.3. The van der Waals surface area contributed by atoms with E-state index in [0.717, 1.165) is 22.9 Å². The maximum absolute atomic E-state index is 13.7. The zero-order chi connectivity index (χ0) is 25.7. The number of carbonyl (C=O) groups is 2. The molecule has 1 aliphatic carbocycles. The molecular formula is C31H33NO4. The van der Waals surface area contributed by atoms with E-state index in [1.54, 1.807) is 24.3 Å². The van der Waals surface area contributed by atoms with E-state index in [9.17, 15) is 9.59 Å². The van der Waals surface area contributed by atoms with Gasteiger partial charge in [-0.15, -0.1) is 0 Å². The minimum atomic E-state index is -0.478. The summed E-state index contributed by atoms with van der Waals surface area (Å²) >= 11 is 0. The van der Waals surface area contributed by atoms with Crippen LogP contribution in [0, 0.1) is 13.8 Å². The summed E-state index contributed by atoms with van der Waals surface area (Å²) in [5.74, 6) is -0.284. The van der Waals surface area contributed by atoms with Crippen molar-refractivity contribution in [1.82, 2.24) is 0 Å². The molecule has 0 bridgehead atoms. The topological polar surface area (TPSA) is 65.0 Å². The van der Waals surface area contributed by atoms with E-state index in [4.69, 9.17) is 9.57 Å². The van der Waals surface area contributed by atoms with Crippen LogP contribution in [0.5, 0.6) is 0 Å². The lowest BCUT2D eigenvalue weighted by Gasteiger charge is -2.29. The van der Waals surface area contributed by atoms with Gasteiger partial charge in [0, 0.05) is 12.8 Å². The number of nitrogens with zero attached hydrogens (tertiary/aromatic N) is 1. The van der Waals surface area contributed by atoms with E-state index in [1.165, 1.54) is 10.9 Å². The molecule has 0 fully saturated rings. The van der Waals surface area contributed by atoms with Gasteiger partial charge in [0.05, 0.1) is 16.8 Å². The molecule has 0 spiro atoms. The largest absolute Gasteiger partial charge is 0.427 e. The summed E-state index contributed by atoms with van der Waals surface area (Å²) in [6.45, 7) is 8.47. The lowest BCUT2D eigenvalue weighted by Crippen LogP contribution is -2.26. The van der Waals surface area contributed by atoms with Gasteiger partial charge in [0.1, 0.15) is 12.4 Å².